The summed E-state index contributed by atoms with van der Waals surface area (Å²) in [5.74, 6) is -3.10. The Morgan fingerprint density at radius 1 is 0.971 bits per heavy atom. The third kappa shape index (κ3) is 6.82. The molecule has 2 amide bonds. The van der Waals surface area contributed by atoms with Gasteiger partial charge in [0.05, 0.1) is 17.2 Å². The van der Waals surface area contributed by atoms with Crippen LogP contribution in [-0.4, -0.2) is 49.7 Å². The lowest BCUT2D eigenvalue weighted by molar-refractivity contribution is -0.152. The number of carboxylic acid groups (broad SMARTS) is 1. The van der Waals surface area contributed by atoms with Crippen molar-refractivity contribution < 1.29 is 32.9 Å². The van der Waals surface area contributed by atoms with E-state index in [1.54, 1.807) is 12.1 Å². The van der Waals surface area contributed by atoms with Crippen molar-refractivity contribution in [1.29, 1.82) is 0 Å². The van der Waals surface area contributed by atoms with Gasteiger partial charge in [-0.15, -0.1) is 0 Å². The second-order valence-electron chi connectivity index (χ2n) is 8.47. The molecule has 0 aliphatic carbocycles. The molecular formula is C25H27FN2O6S. The van der Waals surface area contributed by atoms with Crippen LogP contribution in [0.4, 0.5) is 4.39 Å². The number of nitrogens with two attached hydrogens (primary N) is 1. The molecular weight excluding hydrogens is 475 g/mol. The van der Waals surface area contributed by atoms with Gasteiger partial charge in [0.1, 0.15) is 11.2 Å². The van der Waals surface area contributed by atoms with Crippen LogP contribution in [0.5, 0.6) is 0 Å². The van der Waals surface area contributed by atoms with Crippen LogP contribution in [-0.2, 0) is 26.1 Å². The van der Waals surface area contributed by atoms with Crippen LogP contribution in [0.1, 0.15) is 58.4 Å². The number of nitrogens with zero attached hydrogens (tertiary/aromatic N) is 1. The number of hydrogen-bond donors (Lipinski definition) is 2. The number of halogens is 1. The first kappa shape index (κ1) is 26.2. The van der Waals surface area contributed by atoms with Gasteiger partial charge in [-0.2, -0.15) is 0 Å². The number of carboxylic acids is 1. The van der Waals surface area contributed by atoms with Gasteiger partial charge in [0.25, 0.3) is 0 Å². The maximum Gasteiger partial charge on any atom is 0.335 e. The maximum atomic E-state index is 13.1. The van der Waals surface area contributed by atoms with Crippen LogP contribution in [0, 0.1) is 11.7 Å². The summed E-state index contributed by atoms with van der Waals surface area (Å²) >= 11 is 0. The third-order valence-electron chi connectivity index (χ3n) is 5.92. The number of hydrogen-bond acceptors (Lipinski definition) is 5. The Labute approximate surface area is 204 Å². The number of β-lactam (4-membered cyclic amide) rings is 1. The SMILES string of the molecule is NC(=O)CC1C(=O)N(CCCCCC(=O)c2ccc(F)cc2)C1S(=O)Cc1ccc(C(=O)O)cc1. The Morgan fingerprint density at radius 3 is 2.20 bits per heavy atom. The topological polar surface area (TPSA) is 135 Å². The van der Waals surface area contributed by atoms with Crippen LogP contribution in [0.15, 0.2) is 48.5 Å². The molecule has 0 saturated carbocycles. The van der Waals surface area contributed by atoms with Gasteiger partial charge in [-0.05, 0) is 54.8 Å². The summed E-state index contributed by atoms with van der Waals surface area (Å²) in [4.78, 5) is 48.7. The molecule has 1 aliphatic rings. The van der Waals surface area contributed by atoms with E-state index in [9.17, 15) is 27.8 Å². The standard InChI is InChI=1S/C25H27FN2O6S/c26-19-11-9-17(10-12-19)21(29)4-2-1-3-13-28-23(31)20(14-22(27)30)24(28)35(34)15-16-5-7-18(8-6-16)25(32)33/h5-12,20,24H,1-4,13-15H2,(H2,27,30)(H,32,33). The number of likely N-dealkylation sites (tertiary alicyclic amines) is 1. The highest BCUT2D eigenvalue weighted by atomic mass is 32.2. The van der Waals surface area contributed by atoms with Crippen molar-refractivity contribution in [2.45, 2.75) is 43.2 Å². The number of primary amides is 1. The summed E-state index contributed by atoms with van der Waals surface area (Å²) in [7, 11) is -1.52. The Morgan fingerprint density at radius 2 is 1.60 bits per heavy atom. The van der Waals surface area contributed by atoms with Gasteiger partial charge in [-0.3, -0.25) is 18.6 Å². The molecule has 0 bridgehead atoms. The molecule has 3 rings (SSSR count). The smallest absolute Gasteiger partial charge is 0.335 e. The predicted octanol–water partition coefficient (Wildman–Crippen LogP) is 2.88. The Kier molecular flexibility index (Phi) is 8.86. The molecule has 3 unspecified atom stereocenters. The van der Waals surface area contributed by atoms with Gasteiger partial charge in [0.2, 0.25) is 11.8 Å². The second kappa shape index (κ2) is 11.8. The van der Waals surface area contributed by atoms with Gasteiger partial charge < -0.3 is 15.7 Å². The molecule has 1 fully saturated rings. The molecule has 35 heavy (non-hydrogen) atoms. The van der Waals surface area contributed by atoms with E-state index in [0.29, 0.717) is 43.4 Å². The third-order valence-corrected chi connectivity index (χ3v) is 7.66. The van der Waals surface area contributed by atoms with Crippen molar-refractivity contribution in [3.63, 3.8) is 0 Å². The molecule has 1 aliphatic heterocycles. The molecule has 1 heterocycles. The molecule has 2 aromatic rings. The van der Waals surface area contributed by atoms with Gasteiger partial charge in [0.15, 0.2) is 5.78 Å². The minimum atomic E-state index is -1.52. The average Bonchev–Trinajstić information content (AvgIpc) is 2.82. The summed E-state index contributed by atoms with van der Waals surface area (Å²) in [6.07, 6.45) is 1.95. The highest BCUT2D eigenvalue weighted by Crippen LogP contribution is 2.33. The number of carbonyl (C=O) groups excluding carboxylic acids is 3. The van der Waals surface area contributed by atoms with Gasteiger partial charge in [-0.1, -0.05) is 18.6 Å². The maximum absolute atomic E-state index is 13.1. The van der Waals surface area contributed by atoms with Crippen molar-refractivity contribution in [1.82, 2.24) is 4.90 Å². The van der Waals surface area contributed by atoms with Crippen LogP contribution in [0.25, 0.3) is 0 Å². The van der Waals surface area contributed by atoms with E-state index in [4.69, 9.17) is 10.8 Å². The number of ketones is 1. The normalized spacial score (nSPS) is 18.1. The number of benzene rings is 2. The quantitative estimate of drug-likeness (QED) is 0.246. The lowest BCUT2D eigenvalue weighted by atomic mass is 9.93. The van der Waals surface area contributed by atoms with E-state index < -0.39 is 39.8 Å². The molecule has 186 valence electrons. The molecule has 3 N–H and O–H groups in total. The number of aromatic carboxylic acids is 1. The minimum Gasteiger partial charge on any atom is -0.478 e. The van der Waals surface area contributed by atoms with Crippen molar-refractivity contribution in [2.75, 3.05) is 6.54 Å². The zero-order chi connectivity index (χ0) is 25.5. The Bertz CT molecular complexity index is 1120. The highest BCUT2D eigenvalue weighted by molar-refractivity contribution is 7.85. The second-order valence-corrected chi connectivity index (χ2v) is 10.0. The van der Waals surface area contributed by atoms with Gasteiger partial charge in [0, 0.05) is 35.7 Å². The van der Waals surface area contributed by atoms with Crippen LogP contribution >= 0.6 is 0 Å². The number of carbonyl (C=O) groups is 4. The fraction of sp³-hybridized carbons (Fsp3) is 0.360. The Hall–Kier alpha value is -3.40. The molecule has 0 radical (unpaired) electrons. The Balaban J connectivity index is 1.53. The molecule has 1 saturated heterocycles. The molecule has 3 atom stereocenters. The van der Waals surface area contributed by atoms with Crippen molar-refractivity contribution in [3.05, 3.63) is 71.0 Å². The van der Waals surface area contributed by atoms with E-state index in [1.807, 2.05) is 0 Å². The van der Waals surface area contributed by atoms with Crippen molar-refractivity contribution in [2.24, 2.45) is 11.7 Å². The summed E-state index contributed by atoms with van der Waals surface area (Å²) in [5, 5.41) is 8.36. The average molecular weight is 503 g/mol. The number of rotatable bonds is 13. The van der Waals surface area contributed by atoms with E-state index in [2.05, 4.69) is 0 Å². The largest absolute Gasteiger partial charge is 0.478 e. The van der Waals surface area contributed by atoms with Crippen LogP contribution in [0.2, 0.25) is 0 Å². The molecule has 0 spiro atoms. The zero-order valence-electron chi connectivity index (χ0n) is 19.0. The fourth-order valence-electron chi connectivity index (χ4n) is 4.08. The van der Waals surface area contributed by atoms with E-state index in [0.717, 1.165) is 0 Å². The summed E-state index contributed by atoms with van der Waals surface area (Å²) < 4.78 is 26.1. The number of Topliss-reactive ketones (excluding diaryl/α,β-unsaturated/α-hetero) is 1. The summed E-state index contributed by atoms with van der Waals surface area (Å²) in [6, 6.07) is 11.4. The van der Waals surface area contributed by atoms with Crippen LogP contribution in [0.3, 0.4) is 0 Å². The first-order valence-electron chi connectivity index (χ1n) is 11.2. The molecule has 8 nitrogen and oxygen atoms in total. The lowest BCUT2D eigenvalue weighted by Gasteiger charge is -2.46. The van der Waals surface area contributed by atoms with E-state index in [-0.39, 0.29) is 29.4 Å². The van der Waals surface area contributed by atoms with Gasteiger partial charge in [-0.25, -0.2) is 9.18 Å². The highest BCUT2D eigenvalue weighted by Gasteiger charge is 2.50. The van der Waals surface area contributed by atoms with Gasteiger partial charge >= 0.3 is 5.97 Å². The molecule has 0 aromatic heterocycles. The van der Waals surface area contributed by atoms with Crippen molar-refractivity contribution >= 4 is 34.4 Å². The van der Waals surface area contributed by atoms with Crippen molar-refractivity contribution in [3.8, 4) is 0 Å². The summed E-state index contributed by atoms with van der Waals surface area (Å²) in [6.45, 7) is 0.340. The summed E-state index contributed by atoms with van der Waals surface area (Å²) in [5.41, 5.74) is 6.50. The van der Waals surface area contributed by atoms with E-state index >= 15 is 0 Å². The fourth-order valence-corrected chi connectivity index (χ4v) is 5.84. The van der Waals surface area contributed by atoms with E-state index in [1.165, 1.54) is 41.3 Å². The first-order chi connectivity index (χ1) is 16.7. The monoisotopic (exact) mass is 502 g/mol. The lowest BCUT2D eigenvalue weighted by Crippen LogP contribution is -2.63. The molecule has 2 aromatic carbocycles. The predicted molar refractivity (Wildman–Crippen MR) is 127 cm³/mol. The molecule has 10 heteroatoms. The minimum absolute atomic E-state index is 0.0838. The van der Waals surface area contributed by atoms with Crippen LogP contribution < -0.4 is 5.73 Å². The zero-order valence-corrected chi connectivity index (χ0v) is 19.8. The first-order valence-corrected chi connectivity index (χ1v) is 12.6. The number of amides is 2. The number of unbranched alkanes of at least 4 members (excludes halogenated alkanes) is 2.